The molecule has 12 heteroatoms. The highest BCUT2D eigenvalue weighted by atomic mass is 35.5. The molecule has 4 heterocycles. The molecule has 3 aromatic heterocycles. The molecule has 1 aliphatic heterocycles. The number of rotatable bonds is 4. The minimum atomic E-state index is -1.10. The molecule has 1 amide bonds. The van der Waals surface area contributed by atoms with Gasteiger partial charge in [0.1, 0.15) is 11.9 Å². The van der Waals surface area contributed by atoms with Gasteiger partial charge in [-0.25, -0.2) is 13.8 Å². The van der Waals surface area contributed by atoms with Gasteiger partial charge in [0.15, 0.2) is 17.3 Å². The molecule has 3 atom stereocenters. The highest BCUT2D eigenvalue weighted by Gasteiger charge is 2.43. The molecule has 33 heavy (non-hydrogen) atoms. The number of carbonyl (C=O) groups excluding carboxylic acids is 1. The van der Waals surface area contributed by atoms with Gasteiger partial charge in [-0.05, 0) is 12.8 Å². The largest absolute Gasteiger partial charge is 0.391 e. The van der Waals surface area contributed by atoms with Crippen molar-refractivity contribution in [3.63, 3.8) is 0 Å². The number of benzene rings is 1. The second kappa shape index (κ2) is 7.35. The van der Waals surface area contributed by atoms with Crippen LogP contribution in [0.4, 0.5) is 20.3 Å². The molecule has 0 radical (unpaired) electrons. The molecule has 1 saturated carbocycles. The quantitative estimate of drug-likeness (QED) is 0.420. The summed E-state index contributed by atoms with van der Waals surface area (Å²) in [6.45, 7) is 0.804. The summed E-state index contributed by atoms with van der Waals surface area (Å²) in [4.78, 5) is 22.4. The zero-order valence-corrected chi connectivity index (χ0v) is 17.9. The minimum Gasteiger partial charge on any atom is -0.391 e. The van der Waals surface area contributed by atoms with Crippen molar-refractivity contribution in [2.75, 3.05) is 23.3 Å². The summed E-state index contributed by atoms with van der Waals surface area (Å²) in [6, 6.07) is 0. The van der Waals surface area contributed by atoms with Crippen molar-refractivity contribution in [2.24, 2.45) is 5.92 Å². The average molecular weight is 474 g/mol. The topological polar surface area (TPSA) is 111 Å². The van der Waals surface area contributed by atoms with E-state index in [9.17, 15) is 14.3 Å². The first-order valence-corrected chi connectivity index (χ1v) is 10.9. The van der Waals surface area contributed by atoms with Gasteiger partial charge >= 0.3 is 0 Å². The number of nitrogens with one attached hydrogen (secondary N) is 2. The molecule has 3 unspecified atom stereocenters. The van der Waals surface area contributed by atoms with E-state index >= 15 is 4.39 Å². The van der Waals surface area contributed by atoms with Gasteiger partial charge < -0.3 is 19.7 Å². The van der Waals surface area contributed by atoms with E-state index in [1.165, 1.54) is 6.20 Å². The zero-order chi connectivity index (χ0) is 22.9. The van der Waals surface area contributed by atoms with Crippen LogP contribution in [0.25, 0.3) is 27.8 Å². The Kier molecular flexibility index (Phi) is 4.53. The number of aromatic nitrogens is 5. The highest BCUT2D eigenvalue weighted by Crippen LogP contribution is 2.43. The minimum absolute atomic E-state index is 0.108. The predicted octanol–water partition coefficient (Wildman–Crippen LogP) is 2.93. The SMILES string of the molecule is O=C(Nc1cn2cc(-c3c(Cl)c(F)c(N4CCC(O)C4)c4[nH]ncc34)ncc2n1)C1CC1F. The summed E-state index contributed by atoms with van der Waals surface area (Å²) in [6.07, 6.45) is 5.37. The molecule has 4 aromatic rings. The first kappa shape index (κ1) is 20.3. The van der Waals surface area contributed by atoms with Crippen molar-refractivity contribution in [2.45, 2.75) is 25.1 Å². The molecule has 0 spiro atoms. The lowest BCUT2D eigenvalue weighted by Gasteiger charge is -2.21. The Balaban J connectivity index is 1.41. The maximum Gasteiger partial charge on any atom is 0.231 e. The number of hydrogen-bond acceptors (Lipinski definition) is 6. The summed E-state index contributed by atoms with van der Waals surface area (Å²) in [5, 5.41) is 19.9. The van der Waals surface area contributed by atoms with Crippen molar-refractivity contribution < 1.29 is 18.7 Å². The molecule has 9 nitrogen and oxygen atoms in total. The zero-order valence-electron chi connectivity index (χ0n) is 17.1. The highest BCUT2D eigenvalue weighted by molar-refractivity contribution is 6.36. The molecule has 1 aromatic carbocycles. The first-order chi connectivity index (χ1) is 15.9. The molecule has 0 bridgehead atoms. The first-order valence-electron chi connectivity index (χ1n) is 10.5. The molecule has 2 fully saturated rings. The molecular formula is C21H18ClF2N7O2. The summed E-state index contributed by atoms with van der Waals surface area (Å²) < 4.78 is 30.2. The number of imidazole rings is 1. The van der Waals surface area contributed by atoms with Crippen molar-refractivity contribution in [3.8, 4) is 11.3 Å². The Morgan fingerprint density at radius 2 is 2.15 bits per heavy atom. The Labute approximate surface area is 190 Å². The fourth-order valence-electron chi connectivity index (χ4n) is 4.33. The van der Waals surface area contributed by atoms with Crippen molar-refractivity contribution in [3.05, 3.63) is 35.6 Å². The van der Waals surface area contributed by atoms with Gasteiger partial charge in [-0.2, -0.15) is 5.10 Å². The van der Waals surface area contributed by atoms with Crippen LogP contribution in [0.3, 0.4) is 0 Å². The lowest BCUT2D eigenvalue weighted by atomic mass is 10.0. The number of aromatic amines is 1. The van der Waals surface area contributed by atoms with E-state index in [-0.39, 0.29) is 22.9 Å². The average Bonchev–Trinajstić information content (AvgIpc) is 3.16. The summed E-state index contributed by atoms with van der Waals surface area (Å²) >= 11 is 6.50. The molecular weight excluding hydrogens is 456 g/mol. The molecule has 6 rings (SSSR count). The van der Waals surface area contributed by atoms with Crippen molar-refractivity contribution in [1.82, 2.24) is 24.6 Å². The van der Waals surface area contributed by atoms with Crippen molar-refractivity contribution in [1.29, 1.82) is 0 Å². The van der Waals surface area contributed by atoms with Gasteiger partial charge in [-0.3, -0.25) is 14.9 Å². The number of alkyl halides is 1. The van der Waals surface area contributed by atoms with E-state index in [0.717, 1.165) is 0 Å². The van der Waals surface area contributed by atoms with Gasteiger partial charge in [0.2, 0.25) is 5.91 Å². The molecule has 2 aliphatic rings. The van der Waals surface area contributed by atoms with E-state index in [4.69, 9.17) is 11.6 Å². The van der Waals surface area contributed by atoms with Gasteiger partial charge in [0.05, 0.1) is 46.8 Å². The Bertz CT molecular complexity index is 1420. The van der Waals surface area contributed by atoms with Gasteiger partial charge in [0.25, 0.3) is 0 Å². The standard InChI is InChI=1S/C21H18ClF2N7O2/c22-17-16(11-4-26-29-19(11)20(18(17)24)30-2-1-9(32)6-30)13-7-31-8-14(27-15(31)5-25-13)28-21(33)10-3-12(10)23/h4-5,7-10,12,32H,1-3,6H2,(H,26,29)(H,28,33). The summed E-state index contributed by atoms with van der Waals surface area (Å²) in [7, 11) is 0. The second-order valence-electron chi connectivity index (χ2n) is 8.41. The second-order valence-corrected chi connectivity index (χ2v) is 8.79. The number of amides is 1. The van der Waals surface area contributed by atoms with Crippen LogP contribution >= 0.6 is 11.6 Å². The van der Waals surface area contributed by atoms with E-state index in [2.05, 4.69) is 25.5 Å². The van der Waals surface area contributed by atoms with Crippen LogP contribution in [0, 0.1) is 11.7 Å². The van der Waals surface area contributed by atoms with E-state index < -0.39 is 29.9 Å². The monoisotopic (exact) mass is 473 g/mol. The number of aliphatic hydroxyl groups excluding tert-OH is 1. The molecule has 1 aliphatic carbocycles. The van der Waals surface area contributed by atoms with Crippen LogP contribution in [0.15, 0.2) is 24.8 Å². The van der Waals surface area contributed by atoms with Crippen LogP contribution in [0.5, 0.6) is 0 Å². The number of H-pyrrole nitrogens is 1. The normalized spacial score (nSPS) is 22.4. The van der Waals surface area contributed by atoms with Gasteiger partial charge in [-0.15, -0.1) is 0 Å². The third kappa shape index (κ3) is 3.30. The lowest BCUT2D eigenvalue weighted by molar-refractivity contribution is -0.117. The van der Waals surface area contributed by atoms with Gasteiger partial charge in [0, 0.05) is 30.2 Å². The predicted molar refractivity (Wildman–Crippen MR) is 118 cm³/mol. The smallest absolute Gasteiger partial charge is 0.231 e. The Morgan fingerprint density at radius 3 is 2.88 bits per heavy atom. The number of halogens is 3. The maximum absolute atomic E-state index is 15.5. The molecule has 170 valence electrons. The Morgan fingerprint density at radius 1 is 1.33 bits per heavy atom. The van der Waals surface area contributed by atoms with E-state index in [1.807, 2.05) is 0 Å². The molecule has 3 N–H and O–H groups in total. The molecule has 1 saturated heterocycles. The van der Waals surface area contributed by atoms with E-state index in [0.29, 0.717) is 47.3 Å². The number of nitrogens with zero attached hydrogens (tertiary/aromatic N) is 5. The van der Waals surface area contributed by atoms with Crippen LogP contribution < -0.4 is 10.2 Å². The summed E-state index contributed by atoms with van der Waals surface area (Å²) in [5.41, 5.74) is 1.93. The number of fused-ring (bicyclic) bond motifs is 2. The number of hydrogen-bond donors (Lipinski definition) is 3. The van der Waals surface area contributed by atoms with Crippen LogP contribution in [-0.2, 0) is 4.79 Å². The lowest BCUT2D eigenvalue weighted by Crippen LogP contribution is -2.23. The number of aliphatic hydroxyl groups is 1. The van der Waals surface area contributed by atoms with Crippen LogP contribution in [-0.4, -0.2) is 60.9 Å². The number of β-amino-alcohol motifs (C(OH)–C–C–N with tert-alkyl or cyclic N) is 1. The number of carbonyl (C=O) groups is 1. The van der Waals surface area contributed by atoms with Crippen molar-refractivity contribution >= 4 is 45.6 Å². The third-order valence-corrected chi connectivity index (χ3v) is 6.50. The number of anilines is 2. The fourth-order valence-corrected chi connectivity index (χ4v) is 4.62. The van der Waals surface area contributed by atoms with Crippen LogP contribution in [0.1, 0.15) is 12.8 Å². The maximum atomic E-state index is 15.5. The van der Waals surface area contributed by atoms with E-state index in [1.54, 1.807) is 27.9 Å². The summed E-state index contributed by atoms with van der Waals surface area (Å²) in [5.74, 6) is -1.39. The fraction of sp³-hybridized carbons (Fsp3) is 0.333. The van der Waals surface area contributed by atoms with Gasteiger partial charge in [-0.1, -0.05) is 11.6 Å². The third-order valence-electron chi connectivity index (χ3n) is 6.14. The van der Waals surface area contributed by atoms with Crippen LogP contribution in [0.2, 0.25) is 5.02 Å². The Hall–Kier alpha value is -3.31.